The van der Waals surface area contributed by atoms with Crippen LogP contribution < -0.4 is 0 Å². The van der Waals surface area contributed by atoms with E-state index < -0.39 is 5.97 Å². The number of carboxylic acids is 1. The van der Waals surface area contributed by atoms with Crippen LogP contribution in [0.15, 0.2) is 23.1 Å². The fourth-order valence-electron chi connectivity index (χ4n) is 2.85. The predicted molar refractivity (Wildman–Crippen MR) is 92.8 cm³/mol. The quantitative estimate of drug-likeness (QED) is 0.809. The summed E-state index contributed by atoms with van der Waals surface area (Å²) >= 11 is 1.72. The Labute approximate surface area is 142 Å². The third kappa shape index (κ3) is 5.57. The molecule has 4 nitrogen and oxygen atoms in total. The summed E-state index contributed by atoms with van der Waals surface area (Å²) in [5.41, 5.74) is 2.57. The molecular weight excluding hydrogens is 310 g/mol. The van der Waals surface area contributed by atoms with E-state index >= 15 is 0 Å². The van der Waals surface area contributed by atoms with Gasteiger partial charge in [0.1, 0.15) is 0 Å². The third-order valence-electron chi connectivity index (χ3n) is 4.49. The number of piperidine rings is 1. The number of carbonyl (C=O) groups is 2. The molecule has 5 heteroatoms. The van der Waals surface area contributed by atoms with Gasteiger partial charge >= 0.3 is 5.97 Å². The molecule has 0 bridgehead atoms. The van der Waals surface area contributed by atoms with Crippen LogP contribution in [0.1, 0.15) is 36.8 Å². The summed E-state index contributed by atoms with van der Waals surface area (Å²) in [6.45, 7) is 5.60. The second-order valence-electron chi connectivity index (χ2n) is 6.27. The van der Waals surface area contributed by atoms with E-state index in [9.17, 15) is 9.59 Å². The first-order valence-electron chi connectivity index (χ1n) is 8.15. The molecule has 1 fully saturated rings. The Morgan fingerprint density at radius 1 is 1.22 bits per heavy atom. The second kappa shape index (κ2) is 8.39. The molecule has 1 N–H and O–H groups in total. The van der Waals surface area contributed by atoms with Crippen molar-refractivity contribution in [2.75, 3.05) is 18.8 Å². The van der Waals surface area contributed by atoms with Crippen LogP contribution in [0.5, 0.6) is 0 Å². The van der Waals surface area contributed by atoms with Crippen LogP contribution in [-0.2, 0) is 9.59 Å². The lowest BCUT2D eigenvalue weighted by Gasteiger charge is -2.31. The van der Waals surface area contributed by atoms with Gasteiger partial charge in [-0.2, -0.15) is 0 Å². The van der Waals surface area contributed by atoms with Crippen molar-refractivity contribution >= 4 is 23.6 Å². The maximum atomic E-state index is 12.2. The standard InChI is InChI=1S/C18H25NO3S/c1-13-3-4-16(11-14(13)2)23-10-7-17(20)19-8-5-15(6-9-19)12-18(21)22/h3-4,11,15H,5-10,12H2,1-2H3,(H,21,22). The van der Waals surface area contributed by atoms with Crippen LogP contribution in [0, 0.1) is 19.8 Å². The number of likely N-dealkylation sites (tertiary alicyclic amines) is 1. The van der Waals surface area contributed by atoms with Gasteiger partial charge in [-0.15, -0.1) is 11.8 Å². The Bertz CT molecular complexity index is 565. The van der Waals surface area contributed by atoms with Crippen LogP contribution in [-0.4, -0.2) is 40.7 Å². The number of rotatable bonds is 6. The molecule has 0 saturated carbocycles. The summed E-state index contributed by atoms with van der Waals surface area (Å²) in [5, 5.41) is 8.82. The Balaban J connectivity index is 1.71. The normalized spacial score (nSPS) is 15.7. The smallest absolute Gasteiger partial charge is 0.303 e. The summed E-state index contributed by atoms with van der Waals surface area (Å²) in [6.07, 6.45) is 2.39. The first kappa shape index (κ1) is 17.9. The van der Waals surface area contributed by atoms with Gasteiger partial charge in [0, 0.05) is 36.6 Å². The molecule has 1 aliphatic rings. The second-order valence-corrected chi connectivity index (χ2v) is 7.43. The number of hydrogen-bond acceptors (Lipinski definition) is 3. The number of thioether (sulfide) groups is 1. The molecule has 1 aromatic rings. The van der Waals surface area contributed by atoms with E-state index in [-0.39, 0.29) is 18.2 Å². The highest BCUT2D eigenvalue weighted by atomic mass is 32.2. The Morgan fingerprint density at radius 2 is 1.91 bits per heavy atom. The molecule has 1 amide bonds. The van der Waals surface area contributed by atoms with E-state index in [0.717, 1.165) is 18.6 Å². The topological polar surface area (TPSA) is 57.6 Å². The van der Waals surface area contributed by atoms with Gasteiger partial charge in [-0.25, -0.2) is 0 Å². The number of nitrogens with zero attached hydrogens (tertiary/aromatic N) is 1. The van der Waals surface area contributed by atoms with Gasteiger partial charge < -0.3 is 10.0 Å². The lowest BCUT2D eigenvalue weighted by molar-refractivity contribution is -0.138. The zero-order valence-electron chi connectivity index (χ0n) is 13.9. The molecule has 1 heterocycles. The molecule has 0 aromatic heterocycles. The molecule has 0 radical (unpaired) electrons. The fraction of sp³-hybridized carbons (Fsp3) is 0.556. The molecule has 1 aromatic carbocycles. The molecule has 23 heavy (non-hydrogen) atoms. The SMILES string of the molecule is Cc1ccc(SCCC(=O)N2CCC(CC(=O)O)CC2)cc1C. The highest BCUT2D eigenvalue weighted by Crippen LogP contribution is 2.24. The molecule has 0 aliphatic carbocycles. The Hall–Kier alpha value is -1.49. The van der Waals surface area contributed by atoms with Gasteiger partial charge in [-0.1, -0.05) is 6.07 Å². The maximum absolute atomic E-state index is 12.2. The minimum Gasteiger partial charge on any atom is -0.481 e. The summed E-state index contributed by atoms with van der Waals surface area (Å²) in [4.78, 5) is 26.1. The van der Waals surface area contributed by atoms with E-state index in [1.54, 1.807) is 11.8 Å². The van der Waals surface area contributed by atoms with Gasteiger partial charge in [-0.3, -0.25) is 9.59 Å². The van der Waals surface area contributed by atoms with Crippen molar-refractivity contribution < 1.29 is 14.7 Å². The summed E-state index contributed by atoms with van der Waals surface area (Å²) < 4.78 is 0. The minimum atomic E-state index is -0.737. The van der Waals surface area contributed by atoms with E-state index in [1.807, 2.05) is 4.90 Å². The first-order valence-corrected chi connectivity index (χ1v) is 9.14. The first-order chi connectivity index (χ1) is 11.0. The lowest BCUT2D eigenvalue weighted by Crippen LogP contribution is -2.39. The van der Waals surface area contributed by atoms with E-state index in [1.165, 1.54) is 16.0 Å². The molecule has 2 rings (SSSR count). The molecule has 126 valence electrons. The van der Waals surface area contributed by atoms with E-state index in [0.29, 0.717) is 19.5 Å². The van der Waals surface area contributed by atoms with E-state index in [2.05, 4.69) is 32.0 Å². The predicted octanol–water partition coefficient (Wildman–Crippen LogP) is 3.50. The summed E-state index contributed by atoms with van der Waals surface area (Å²) in [5.74, 6) is 0.465. The van der Waals surface area contributed by atoms with Crippen LogP contribution in [0.25, 0.3) is 0 Å². The van der Waals surface area contributed by atoms with Gasteiger partial charge in [-0.05, 0) is 55.9 Å². The monoisotopic (exact) mass is 335 g/mol. The van der Waals surface area contributed by atoms with Crippen LogP contribution in [0.2, 0.25) is 0 Å². The van der Waals surface area contributed by atoms with Crippen molar-refractivity contribution in [3.05, 3.63) is 29.3 Å². The van der Waals surface area contributed by atoms with Crippen LogP contribution in [0.4, 0.5) is 0 Å². The third-order valence-corrected chi connectivity index (χ3v) is 5.49. The van der Waals surface area contributed by atoms with Crippen molar-refractivity contribution in [3.8, 4) is 0 Å². The zero-order valence-corrected chi connectivity index (χ0v) is 14.7. The maximum Gasteiger partial charge on any atom is 0.303 e. The van der Waals surface area contributed by atoms with Gasteiger partial charge in [0.15, 0.2) is 0 Å². The highest BCUT2D eigenvalue weighted by Gasteiger charge is 2.23. The Morgan fingerprint density at radius 3 is 2.52 bits per heavy atom. The van der Waals surface area contributed by atoms with Crippen LogP contribution >= 0.6 is 11.8 Å². The number of benzene rings is 1. The Kier molecular flexibility index (Phi) is 6.51. The average Bonchev–Trinajstić information content (AvgIpc) is 2.51. The number of carbonyl (C=O) groups excluding carboxylic acids is 1. The van der Waals surface area contributed by atoms with Gasteiger partial charge in [0.25, 0.3) is 0 Å². The number of carboxylic acid groups (broad SMARTS) is 1. The van der Waals surface area contributed by atoms with Crippen molar-refractivity contribution in [2.45, 2.75) is 44.4 Å². The number of hydrogen-bond donors (Lipinski definition) is 1. The van der Waals surface area contributed by atoms with E-state index in [4.69, 9.17) is 5.11 Å². The van der Waals surface area contributed by atoms with Crippen molar-refractivity contribution in [1.82, 2.24) is 4.90 Å². The minimum absolute atomic E-state index is 0.190. The molecular formula is C18H25NO3S. The van der Waals surface area contributed by atoms with Gasteiger partial charge in [0.05, 0.1) is 0 Å². The average molecular weight is 335 g/mol. The molecule has 1 aliphatic heterocycles. The number of aliphatic carboxylic acids is 1. The largest absolute Gasteiger partial charge is 0.481 e. The van der Waals surface area contributed by atoms with Crippen molar-refractivity contribution in [3.63, 3.8) is 0 Å². The lowest BCUT2D eigenvalue weighted by atomic mass is 9.93. The molecule has 1 saturated heterocycles. The molecule has 0 atom stereocenters. The van der Waals surface area contributed by atoms with Crippen molar-refractivity contribution in [2.24, 2.45) is 5.92 Å². The number of amides is 1. The number of aryl methyl sites for hydroxylation is 2. The molecule has 0 unspecified atom stereocenters. The molecule has 0 spiro atoms. The zero-order chi connectivity index (χ0) is 16.8. The summed E-state index contributed by atoms with van der Waals surface area (Å²) in [6, 6.07) is 6.39. The highest BCUT2D eigenvalue weighted by molar-refractivity contribution is 7.99. The van der Waals surface area contributed by atoms with Gasteiger partial charge in [0.2, 0.25) is 5.91 Å². The van der Waals surface area contributed by atoms with Crippen LogP contribution in [0.3, 0.4) is 0 Å². The van der Waals surface area contributed by atoms with Crippen molar-refractivity contribution in [1.29, 1.82) is 0 Å². The summed E-state index contributed by atoms with van der Waals surface area (Å²) in [7, 11) is 0. The fourth-order valence-corrected chi connectivity index (χ4v) is 3.79.